The summed E-state index contributed by atoms with van der Waals surface area (Å²) in [5.41, 5.74) is 1.90. The summed E-state index contributed by atoms with van der Waals surface area (Å²) < 4.78 is 16.4. The summed E-state index contributed by atoms with van der Waals surface area (Å²) in [6.45, 7) is 6.85. The number of hydrogen-bond donors (Lipinski definition) is 0. The normalized spacial score (nSPS) is 18.0. The van der Waals surface area contributed by atoms with Crippen molar-refractivity contribution in [2.24, 2.45) is 0 Å². The van der Waals surface area contributed by atoms with E-state index in [-0.39, 0.29) is 12.0 Å². The predicted molar refractivity (Wildman–Crippen MR) is 90.8 cm³/mol. The fourth-order valence-corrected chi connectivity index (χ4v) is 3.02. The minimum absolute atomic E-state index is 0.0859. The molecule has 1 aliphatic rings. The minimum Gasteiger partial charge on any atom is -0.467 e. The second-order valence-electron chi connectivity index (χ2n) is 6.59. The molecule has 2 aromatic rings. The number of hydrogen-bond acceptors (Lipinski definition) is 6. The Labute approximate surface area is 147 Å². The largest absolute Gasteiger partial charge is 0.467 e. The zero-order chi connectivity index (χ0) is 17.8. The molecule has 0 radical (unpaired) electrons. The number of amides is 1. The van der Waals surface area contributed by atoms with Gasteiger partial charge in [0.05, 0.1) is 37.8 Å². The van der Waals surface area contributed by atoms with Gasteiger partial charge in [-0.1, -0.05) is 5.16 Å². The molecule has 136 valence electrons. The molecule has 0 spiro atoms. The summed E-state index contributed by atoms with van der Waals surface area (Å²) in [5, 5.41) is 3.94. The third-order valence-corrected chi connectivity index (χ3v) is 4.63. The van der Waals surface area contributed by atoms with Crippen molar-refractivity contribution in [3.63, 3.8) is 0 Å². The number of furan rings is 1. The van der Waals surface area contributed by atoms with Crippen molar-refractivity contribution in [2.45, 2.75) is 39.5 Å². The number of aryl methyl sites for hydroxylation is 2. The molecule has 1 fully saturated rings. The van der Waals surface area contributed by atoms with Crippen LogP contribution >= 0.6 is 0 Å². The van der Waals surface area contributed by atoms with Crippen LogP contribution in [0.15, 0.2) is 27.3 Å². The van der Waals surface area contributed by atoms with Crippen molar-refractivity contribution in [2.75, 3.05) is 26.7 Å². The van der Waals surface area contributed by atoms with Gasteiger partial charge in [-0.15, -0.1) is 0 Å². The highest BCUT2D eigenvalue weighted by Gasteiger charge is 2.26. The fraction of sp³-hybridized carbons (Fsp3) is 0.556. The predicted octanol–water partition coefficient (Wildman–Crippen LogP) is 2.13. The first-order valence-corrected chi connectivity index (χ1v) is 8.55. The number of carbonyl (C=O) groups is 1. The molecule has 1 amide bonds. The molecule has 2 aromatic heterocycles. The van der Waals surface area contributed by atoms with Gasteiger partial charge in [-0.05, 0) is 32.4 Å². The Balaban J connectivity index is 1.42. The van der Waals surface area contributed by atoms with Crippen molar-refractivity contribution in [1.29, 1.82) is 0 Å². The summed E-state index contributed by atoms with van der Waals surface area (Å²) >= 11 is 0. The summed E-state index contributed by atoms with van der Waals surface area (Å²) in [6, 6.07) is 3.70. The zero-order valence-electron chi connectivity index (χ0n) is 15.0. The molecule has 3 rings (SSSR count). The first kappa shape index (κ1) is 17.7. The third kappa shape index (κ3) is 4.49. The number of nitrogens with zero attached hydrogens (tertiary/aromatic N) is 3. The summed E-state index contributed by atoms with van der Waals surface area (Å²) in [5.74, 6) is 1.68. The van der Waals surface area contributed by atoms with Gasteiger partial charge < -0.3 is 18.6 Å². The number of likely N-dealkylation sites (tertiary alicyclic amines) is 1. The van der Waals surface area contributed by atoms with Gasteiger partial charge in [0.25, 0.3) is 0 Å². The molecule has 1 aliphatic heterocycles. The maximum Gasteiger partial charge on any atom is 0.236 e. The van der Waals surface area contributed by atoms with E-state index in [4.69, 9.17) is 13.7 Å². The van der Waals surface area contributed by atoms with Crippen molar-refractivity contribution in [3.8, 4) is 0 Å². The number of ether oxygens (including phenoxy) is 1. The Morgan fingerprint density at radius 1 is 1.48 bits per heavy atom. The second-order valence-corrected chi connectivity index (χ2v) is 6.59. The summed E-state index contributed by atoms with van der Waals surface area (Å²) in [6.07, 6.45) is 2.69. The molecule has 25 heavy (non-hydrogen) atoms. The lowest BCUT2D eigenvalue weighted by Gasteiger charge is -2.21. The van der Waals surface area contributed by atoms with Crippen LogP contribution in [0.4, 0.5) is 0 Å². The molecule has 0 N–H and O–H groups in total. The Hall–Kier alpha value is -2.12. The quantitative estimate of drug-likeness (QED) is 0.764. The number of carbonyl (C=O) groups excluding carboxylic acids is 1. The second kappa shape index (κ2) is 7.84. The monoisotopic (exact) mass is 347 g/mol. The average molecular weight is 347 g/mol. The highest BCUT2D eigenvalue weighted by Crippen LogP contribution is 2.18. The maximum atomic E-state index is 12.3. The third-order valence-electron chi connectivity index (χ3n) is 4.63. The van der Waals surface area contributed by atoms with E-state index in [9.17, 15) is 4.79 Å². The topological polar surface area (TPSA) is 72.0 Å². The lowest BCUT2D eigenvalue weighted by molar-refractivity contribution is -0.131. The van der Waals surface area contributed by atoms with Gasteiger partial charge in [-0.25, -0.2) is 0 Å². The van der Waals surface area contributed by atoms with Gasteiger partial charge in [-0.3, -0.25) is 9.69 Å². The molecule has 0 saturated carbocycles. The number of likely N-dealkylation sites (N-methyl/N-ethyl adjacent to an activating group) is 1. The zero-order valence-corrected chi connectivity index (χ0v) is 15.0. The van der Waals surface area contributed by atoms with Crippen molar-refractivity contribution >= 4 is 5.91 Å². The minimum atomic E-state index is 0.0859. The van der Waals surface area contributed by atoms with E-state index in [0.717, 1.165) is 42.3 Å². The number of aromatic nitrogens is 1. The van der Waals surface area contributed by atoms with Crippen LogP contribution in [-0.4, -0.2) is 53.6 Å². The average Bonchev–Trinajstić information content (AvgIpc) is 3.30. The van der Waals surface area contributed by atoms with Crippen molar-refractivity contribution in [1.82, 2.24) is 15.0 Å². The standard InChI is InChI=1S/C18H25N3O4/c1-13-17(14(2)25-19-13)12-24-16-6-7-21(10-16)11-18(22)20(3)9-15-5-4-8-23-15/h4-5,8,16H,6-7,9-12H2,1-3H3. The molecule has 7 nitrogen and oxygen atoms in total. The molecule has 1 atom stereocenters. The van der Waals surface area contributed by atoms with Gasteiger partial charge in [0, 0.05) is 25.7 Å². The van der Waals surface area contributed by atoms with Gasteiger partial charge in [0.2, 0.25) is 5.91 Å². The van der Waals surface area contributed by atoms with Crippen LogP contribution in [0.3, 0.4) is 0 Å². The highest BCUT2D eigenvalue weighted by molar-refractivity contribution is 5.77. The van der Waals surface area contributed by atoms with Gasteiger partial charge in [0.1, 0.15) is 11.5 Å². The molecule has 1 unspecified atom stereocenters. The van der Waals surface area contributed by atoms with Crippen LogP contribution in [0.25, 0.3) is 0 Å². The molecule has 1 saturated heterocycles. The van der Waals surface area contributed by atoms with Gasteiger partial charge in [-0.2, -0.15) is 0 Å². The van der Waals surface area contributed by atoms with E-state index in [2.05, 4.69) is 10.1 Å². The molecular weight excluding hydrogens is 322 g/mol. The van der Waals surface area contributed by atoms with E-state index in [1.54, 1.807) is 18.2 Å². The lowest BCUT2D eigenvalue weighted by atomic mass is 10.2. The Bertz CT molecular complexity index is 676. The van der Waals surface area contributed by atoms with Crippen LogP contribution in [0.2, 0.25) is 0 Å². The van der Waals surface area contributed by atoms with E-state index in [1.165, 1.54) is 0 Å². The van der Waals surface area contributed by atoms with E-state index >= 15 is 0 Å². The maximum absolute atomic E-state index is 12.3. The van der Waals surface area contributed by atoms with E-state index < -0.39 is 0 Å². The fourth-order valence-electron chi connectivity index (χ4n) is 3.02. The first-order valence-electron chi connectivity index (χ1n) is 8.55. The summed E-state index contributed by atoms with van der Waals surface area (Å²) in [4.78, 5) is 16.2. The molecule has 0 aliphatic carbocycles. The Kier molecular flexibility index (Phi) is 5.55. The molecule has 7 heteroatoms. The molecule has 3 heterocycles. The molecular formula is C18H25N3O4. The van der Waals surface area contributed by atoms with Crippen LogP contribution in [-0.2, 0) is 22.7 Å². The smallest absolute Gasteiger partial charge is 0.236 e. The molecule has 0 bridgehead atoms. The lowest BCUT2D eigenvalue weighted by Crippen LogP contribution is -2.37. The number of rotatable bonds is 7. The van der Waals surface area contributed by atoms with Gasteiger partial charge >= 0.3 is 0 Å². The van der Waals surface area contributed by atoms with Crippen LogP contribution in [0.5, 0.6) is 0 Å². The first-order chi connectivity index (χ1) is 12.0. The highest BCUT2D eigenvalue weighted by atomic mass is 16.5. The SMILES string of the molecule is Cc1noc(C)c1COC1CCN(CC(=O)N(C)Cc2ccco2)C1. The van der Waals surface area contributed by atoms with Crippen LogP contribution < -0.4 is 0 Å². The Morgan fingerprint density at radius 2 is 2.32 bits per heavy atom. The Morgan fingerprint density at radius 3 is 3.00 bits per heavy atom. The molecule has 0 aromatic carbocycles. The van der Waals surface area contributed by atoms with E-state index in [0.29, 0.717) is 19.7 Å². The van der Waals surface area contributed by atoms with Crippen LogP contribution in [0, 0.1) is 13.8 Å². The van der Waals surface area contributed by atoms with Gasteiger partial charge in [0.15, 0.2) is 0 Å². The summed E-state index contributed by atoms with van der Waals surface area (Å²) in [7, 11) is 1.80. The van der Waals surface area contributed by atoms with Crippen molar-refractivity contribution < 1.29 is 18.5 Å². The van der Waals surface area contributed by atoms with Crippen molar-refractivity contribution in [3.05, 3.63) is 41.2 Å². The van der Waals surface area contributed by atoms with E-state index in [1.807, 2.05) is 26.0 Å². The van der Waals surface area contributed by atoms with Crippen LogP contribution in [0.1, 0.15) is 29.2 Å².